The number of nitrogens with zero attached hydrogens (tertiary/aromatic N) is 2. The van der Waals surface area contributed by atoms with Gasteiger partial charge in [-0.15, -0.1) is 11.8 Å². The third-order valence-electron chi connectivity index (χ3n) is 5.58. The predicted molar refractivity (Wildman–Crippen MR) is 139 cm³/mol. The number of carbonyl (C=O) groups excluding carboxylic acids is 3. The van der Waals surface area contributed by atoms with Crippen LogP contribution in [-0.4, -0.2) is 64.0 Å². The Bertz CT molecular complexity index is 1010. The van der Waals surface area contributed by atoms with E-state index < -0.39 is 30.9 Å². The van der Waals surface area contributed by atoms with Crippen molar-refractivity contribution < 1.29 is 23.7 Å². The summed E-state index contributed by atoms with van der Waals surface area (Å²) in [7, 11) is -0.928. The van der Waals surface area contributed by atoms with Crippen molar-refractivity contribution in [1.82, 2.24) is 20.6 Å². The van der Waals surface area contributed by atoms with E-state index in [1.54, 1.807) is 6.92 Å². The van der Waals surface area contributed by atoms with Crippen LogP contribution in [-0.2, 0) is 25.3 Å². The number of amides is 2. The minimum absolute atomic E-state index is 0.0999. The van der Waals surface area contributed by atoms with Crippen molar-refractivity contribution in [1.29, 1.82) is 0 Å². The number of thioether (sulfide) groups is 1. The Morgan fingerprint density at radius 3 is 2.58 bits per heavy atom. The highest BCUT2D eigenvalue weighted by molar-refractivity contribution is 8.01. The number of hydrogen-bond donors (Lipinski definition) is 2. The van der Waals surface area contributed by atoms with E-state index in [9.17, 15) is 14.4 Å². The van der Waals surface area contributed by atoms with Gasteiger partial charge in [0.2, 0.25) is 5.91 Å². The summed E-state index contributed by atoms with van der Waals surface area (Å²) in [5.41, 5.74) is 0.991. The zero-order valence-electron chi connectivity index (χ0n) is 21.0. The Morgan fingerprint density at radius 1 is 1.17 bits per heavy atom. The smallest absolute Gasteiger partial charge is 0.507 e. The summed E-state index contributed by atoms with van der Waals surface area (Å²) in [6.07, 6.45) is 5.02. The van der Waals surface area contributed by atoms with Gasteiger partial charge in [0, 0.05) is 30.7 Å². The molecule has 0 radical (unpaired) electrons. The van der Waals surface area contributed by atoms with Crippen molar-refractivity contribution in [3.63, 3.8) is 0 Å². The van der Waals surface area contributed by atoms with E-state index in [4.69, 9.17) is 9.31 Å². The minimum Gasteiger partial charge on any atom is -0.507 e. The van der Waals surface area contributed by atoms with Crippen LogP contribution in [0.4, 0.5) is 0 Å². The first-order valence-corrected chi connectivity index (χ1v) is 13.1. The standard InChI is InChI=1S/C25H33BN4O5S/c1-16(2)12-22(26-34-15-17(3)36-18(4)25(33)35-26)30-23(31)20(13-19-8-6-5-7-9-19)29-24(32)21-14-27-10-11-28-21/h5-11,14,16-18,20,22H,12-13,15H2,1-4H3,(H,29,32)(H,30,31)/t17-,18+,20?,22+/m1/s1. The van der Waals surface area contributed by atoms with E-state index in [-0.39, 0.29) is 34.5 Å². The van der Waals surface area contributed by atoms with Gasteiger partial charge in [0.25, 0.3) is 5.91 Å². The molecule has 1 aromatic carbocycles. The molecule has 0 spiro atoms. The second-order valence-electron chi connectivity index (χ2n) is 9.28. The van der Waals surface area contributed by atoms with Crippen molar-refractivity contribution in [2.24, 2.45) is 5.92 Å². The van der Waals surface area contributed by atoms with Crippen LogP contribution in [0.25, 0.3) is 0 Å². The second kappa shape index (κ2) is 13.4. The molecule has 9 nitrogen and oxygen atoms in total. The van der Waals surface area contributed by atoms with Crippen molar-refractivity contribution in [3.05, 3.63) is 60.2 Å². The summed E-state index contributed by atoms with van der Waals surface area (Å²) < 4.78 is 11.6. The van der Waals surface area contributed by atoms with Crippen LogP contribution in [0.3, 0.4) is 0 Å². The van der Waals surface area contributed by atoms with Gasteiger partial charge >= 0.3 is 13.1 Å². The average molecular weight is 512 g/mol. The molecule has 1 saturated heterocycles. The molecule has 1 fully saturated rings. The molecular weight excluding hydrogens is 479 g/mol. The van der Waals surface area contributed by atoms with E-state index in [2.05, 4.69) is 20.6 Å². The normalized spacial score (nSPS) is 20.0. The molecule has 1 unspecified atom stereocenters. The Morgan fingerprint density at radius 2 is 1.92 bits per heavy atom. The van der Waals surface area contributed by atoms with Crippen LogP contribution in [0.15, 0.2) is 48.9 Å². The second-order valence-corrected chi connectivity index (χ2v) is 11.1. The first-order chi connectivity index (χ1) is 17.2. The average Bonchev–Trinajstić information content (AvgIpc) is 2.85. The maximum absolute atomic E-state index is 13.6. The third-order valence-corrected chi connectivity index (χ3v) is 6.78. The molecule has 0 saturated carbocycles. The predicted octanol–water partition coefficient (Wildman–Crippen LogP) is 2.46. The van der Waals surface area contributed by atoms with Crippen molar-refractivity contribution in [2.75, 3.05) is 6.61 Å². The molecular formula is C25H33BN4O5S. The Labute approximate surface area is 216 Å². The number of rotatable bonds is 9. The van der Waals surface area contributed by atoms with E-state index in [1.807, 2.05) is 51.1 Å². The van der Waals surface area contributed by atoms with Gasteiger partial charge in [0.05, 0.1) is 17.4 Å². The number of aromatic nitrogens is 2. The zero-order valence-corrected chi connectivity index (χ0v) is 21.9. The first kappa shape index (κ1) is 27.7. The Balaban J connectivity index is 1.81. The monoisotopic (exact) mass is 512 g/mol. The lowest BCUT2D eigenvalue weighted by atomic mass is 9.73. The Kier molecular flexibility index (Phi) is 10.3. The zero-order chi connectivity index (χ0) is 26.1. The van der Waals surface area contributed by atoms with Crippen molar-refractivity contribution in [3.8, 4) is 0 Å². The maximum Gasteiger partial charge on any atom is 0.551 e. The van der Waals surface area contributed by atoms with Gasteiger partial charge in [0.15, 0.2) is 0 Å². The van der Waals surface area contributed by atoms with Gasteiger partial charge in [-0.3, -0.25) is 19.4 Å². The van der Waals surface area contributed by atoms with Crippen LogP contribution >= 0.6 is 11.8 Å². The number of hydrogen-bond acceptors (Lipinski definition) is 8. The van der Waals surface area contributed by atoms with E-state index in [0.717, 1.165) is 5.56 Å². The lowest BCUT2D eigenvalue weighted by Crippen LogP contribution is -2.57. The van der Waals surface area contributed by atoms with Crippen LogP contribution in [0.1, 0.15) is 50.2 Å². The van der Waals surface area contributed by atoms with Gasteiger partial charge < -0.3 is 19.9 Å². The van der Waals surface area contributed by atoms with Crippen molar-refractivity contribution >= 4 is 36.7 Å². The van der Waals surface area contributed by atoms with Crippen molar-refractivity contribution in [2.45, 2.75) is 63.0 Å². The van der Waals surface area contributed by atoms with E-state index >= 15 is 0 Å². The molecule has 2 heterocycles. The fraction of sp³-hybridized carbons (Fsp3) is 0.480. The van der Waals surface area contributed by atoms with Gasteiger partial charge in [0.1, 0.15) is 11.7 Å². The lowest BCUT2D eigenvalue weighted by Gasteiger charge is -2.31. The molecule has 36 heavy (non-hydrogen) atoms. The molecule has 0 bridgehead atoms. The van der Waals surface area contributed by atoms with Crippen LogP contribution in [0.5, 0.6) is 0 Å². The summed E-state index contributed by atoms with van der Waals surface area (Å²) >= 11 is 1.49. The van der Waals surface area contributed by atoms with Gasteiger partial charge in [-0.25, -0.2) is 4.98 Å². The molecule has 192 valence electrons. The molecule has 2 aromatic rings. The maximum atomic E-state index is 13.6. The third kappa shape index (κ3) is 8.34. The summed E-state index contributed by atoms with van der Waals surface area (Å²) in [4.78, 5) is 46.9. The van der Waals surface area contributed by atoms with Gasteiger partial charge in [-0.2, -0.15) is 0 Å². The topological polar surface area (TPSA) is 120 Å². The molecule has 2 N–H and O–H groups in total. The molecule has 4 atom stereocenters. The number of carbonyl (C=O) groups is 3. The number of benzene rings is 1. The van der Waals surface area contributed by atoms with Crippen LogP contribution in [0.2, 0.25) is 0 Å². The van der Waals surface area contributed by atoms with Gasteiger partial charge in [-0.05, 0) is 24.8 Å². The SMILES string of the molecule is CC(C)C[C@H](NC(=O)C(Cc1ccccc1)NC(=O)c1cnccn1)B1OC[C@@H](C)S[C@@H](C)C(=O)O1. The van der Waals surface area contributed by atoms with Gasteiger partial charge in [-0.1, -0.05) is 51.1 Å². The Hall–Kier alpha value is -2.92. The molecule has 1 aliphatic rings. The minimum atomic E-state index is -0.928. The molecule has 1 aliphatic heterocycles. The molecule has 0 aliphatic carbocycles. The molecule has 3 rings (SSSR count). The fourth-order valence-electron chi connectivity index (χ4n) is 3.85. The van der Waals surface area contributed by atoms with Crippen LogP contribution in [0, 0.1) is 5.92 Å². The highest BCUT2D eigenvalue weighted by Crippen LogP contribution is 2.23. The largest absolute Gasteiger partial charge is 0.551 e. The summed E-state index contributed by atoms with van der Waals surface area (Å²) in [5, 5.41) is 5.54. The lowest BCUT2D eigenvalue weighted by molar-refractivity contribution is -0.136. The van der Waals surface area contributed by atoms with Crippen LogP contribution < -0.4 is 10.6 Å². The molecule has 11 heteroatoms. The summed E-state index contributed by atoms with van der Waals surface area (Å²) in [6, 6.07) is 8.52. The molecule has 2 amide bonds. The number of nitrogens with one attached hydrogen (secondary N) is 2. The highest BCUT2D eigenvalue weighted by Gasteiger charge is 2.40. The van der Waals surface area contributed by atoms with E-state index in [1.165, 1.54) is 30.4 Å². The summed E-state index contributed by atoms with van der Waals surface area (Å²) in [5.74, 6) is -1.69. The van der Waals surface area contributed by atoms with E-state index in [0.29, 0.717) is 13.0 Å². The fourth-order valence-corrected chi connectivity index (χ4v) is 4.87. The highest BCUT2D eigenvalue weighted by atomic mass is 32.2. The summed E-state index contributed by atoms with van der Waals surface area (Å²) in [6.45, 7) is 8.21. The molecule has 1 aromatic heterocycles. The quantitative estimate of drug-likeness (QED) is 0.492. The first-order valence-electron chi connectivity index (χ1n) is 12.1.